The standard InChI is InChI=1S/C16H20FN3/c17-12-4-3-11-10-20(16(18)15(11)8-12)14-5-7-19-6-1-2-13(19)9-14/h3-4,8,13-14,18H,1-2,5-7,9-10H2. The Morgan fingerprint density at radius 3 is 2.95 bits per heavy atom. The molecular formula is C16H20FN3. The molecule has 2 saturated heterocycles. The molecule has 0 aromatic heterocycles. The molecule has 1 N–H and O–H groups in total. The lowest BCUT2D eigenvalue weighted by molar-refractivity contribution is 0.126. The number of hydrogen-bond donors (Lipinski definition) is 1. The topological polar surface area (TPSA) is 30.3 Å². The first-order valence-corrected chi connectivity index (χ1v) is 7.60. The molecule has 0 saturated carbocycles. The first kappa shape index (κ1) is 12.3. The number of benzene rings is 1. The molecule has 0 bridgehead atoms. The van der Waals surface area contributed by atoms with E-state index in [1.54, 1.807) is 0 Å². The summed E-state index contributed by atoms with van der Waals surface area (Å²) in [6.07, 6.45) is 4.92. The second-order valence-corrected chi connectivity index (χ2v) is 6.29. The third kappa shape index (κ3) is 1.85. The van der Waals surface area contributed by atoms with Crippen molar-refractivity contribution in [2.45, 2.75) is 44.3 Å². The lowest BCUT2D eigenvalue weighted by atomic mass is 9.96. The zero-order chi connectivity index (χ0) is 13.7. The zero-order valence-corrected chi connectivity index (χ0v) is 11.6. The van der Waals surface area contributed by atoms with Crippen LogP contribution < -0.4 is 0 Å². The van der Waals surface area contributed by atoms with Gasteiger partial charge in [-0.05, 0) is 49.9 Å². The molecule has 106 valence electrons. The molecule has 1 aromatic rings. The maximum absolute atomic E-state index is 13.4. The highest BCUT2D eigenvalue weighted by molar-refractivity contribution is 6.00. The van der Waals surface area contributed by atoms with Crippen molar-refractivity contribution in [3.63, 3.8) is 0 Å². The summed E-state index contributed by atoms with van der Waals surface area (Å²) in [5, 5.41) is 8.36. The number of hydrogen-bond acceptors (Lipinski definition) is 2. The van der Waals surface area contributed by atoms with Crippen LogP contribution in [0.1, 0.15) is 36.8 Å². The fourth-order valence-electron chi connectivity index (χ4n) is 4.12. The van der Waals surface area contributed by atoms with Crippen molar-refractivity contribution in [3.8, 4) is 0 Å². The monoisotopic (exact) mass is 273 g/mol. The molecule has 0 radical (unpaired) electrons. The molecule has 1 aromatic carbocycles. The Kier molecular flexibility index (Phi) is 2.81. The van der Waals surface area contributed by atoms with Gasteiger partial charge in [-0.25, -0.2) is 4.39 Å². The summed E-state index contributed by atoms with van der Waals surface area (Å²) in [6.45, 7) is 3.19. The van der Waals surface area contributed by atoms with E-state index in [-0.39, 0.29) is 5.82 Å². The molecule has 0 aliphatic carbocycles. The highest BCUT2D eigenvalue weighted by Gasteiger charge is 2.37. The molecule has 4 heteroatoms. The smallest absolute Gasteiger partial charge is 0.129 e. The maximum Gasteiger partial charge on any atom is 0.129 e. The van der Waals surface area contributed by atoms with Gasteiger partial charge in [0.25, 0.3) is 0 Å². The number of rotatable bonds is 1. The number of amidine groups is 1. The predicted octanol–water partition coefficient (Wildman–Crippen LogP) is 2.59. The molecule has 4 rings (SSSR count). The van der Waals surface area contributed by atoms with Gasteiger partial charge in [-0.3, -0.25) is 5.41 Å². The molecule has 2 fully saturated rings. The lowest BCUT2D eigenvalue weighted by Crippen LogP contribution is -2.47. The minimum absolute atomic E-state index is 0.235. The summed E-state index contributed by atoms with van der Waals surface area (Å²) in [5.41, 5.74) is 1.89. The van der Waals surface area contributed by atoms with Crippen molar-refractivity contribution in [2.75, 3.05) is 13.1 Å². The van der Waals surface area contributed by atoms with Crippen molar-refractivity contribution < 1.29 is 4.39 Å². The molecule has 0 spiro atoms. The van der Waals surface area contributed by atoms with E-state index < -0.39 is 0 Å². The van der Waals surface area contributed by atoms with Crippen LogP contribution in [0, 0.1) is 11.2 Å². The Bertz CT molecular complexity index is 557. The van der Waals surface area contributed by atoms with Gasteiger partial charge >= 0.3 is 0 Å². The van der Waals surface area contributed by atoms with E-state index in [1.165, 1.54) is 37.9 Å². The molecule has 20 heavy (non-hydrogen) atoms. The number of fused-ring (bicyclic) bond motifs is 2. The molecule has 3 nitrogen and oxygen atoms in total. The summed E-state index contributed by atoms with van der Waals surface area (Å²) in [5.74, 6) is 0.289. The zero-order valence-electron chi connectivity index (χ0n) is 11.6. The van der Waals surface area contributed by atoms with Crippen molar-refractivity contribution in [2.24, 2.45) is 0 Å². The third-order valence-corrected chi connectivity index (χ3v) is 5.19. The SMILES string of the molecule is N=C1c2cc(F)ccc2CN1C1CCN2CCCC2C1. The summed E-state index contributed by atoms with van der Waals surface area (Å²) in [4.78, 5) is 4.79. The Hall–Kier alpha value is -1.42. The van der Waals surface area contributed by atoms with Crippen LogP contribution in [0.3, 0.4) is 0 Å². The Morgan fingerprint density at radius 1 is 1.15 bits per heavy atom. The third-order valence-electron chi connectivity index (χ3n) is 5.19. The van der Waals surface area contributed by atoms with Crippen LogP contribution in [-0.2, 0) is 6.54 Å². The molecular weight excluding hydrogens is 253 g/mol. The Labute approximate surface area is 118 Å². The van der Waals surface area contributed by atoms with Crippen molar-refractivity contribution in [1.29, 1.82) is 5.41 Å². The second-order valence-electron chi connectivity index (χ2n) is 6.29. The van der Waals surface area contributed by atoms with Gasteiger partial charge in [0, 0.05) is 30.7 Å². The van der Waals surface area contributed by atoms with Crippen LogP contribution in [0.2, 0.25) is 0 Å². The van der Waals surface area contributed by atoms with Gasteiger partial charge in [0.15, 0.2) is 0 Å². The van der Waals surface area contributed by atoms with Crippen LogP contribution in [0.25, 0.3) is 0 Å². The largest absolute Gasteiger partial charge is 0.349 e. The summed E-state index contributed by atoms with van der Waals surface area (Å²) in [7, 11) is 0. The lowest BCUT2D eigenvalue weighted by Gasteiger charge is -2.39. The molecule has 2 atom stereocenters. The highest BCUT2D eigenvalue weighted by atomic mass is 19.1. The van der Waals surface area contributed by atoms with Crippen LogP contribution in [0.4, 0.5) is 4.39 Å². The van der Waals surface area contributed by atoms with Gasteiger partial charge in [0.05, 0.1) is 0 Å². The van der Waals surface area contributed by atoms with E-state index in [9.17, 15) is 4.39 Å². The minimum atomic E-state index is -0.235. The first-order valence-electron chi connectivity index (χ1n) is 7.60. The van der Waals surface area contributed by atoms with E-state index in [4.69, 9.17) is 5.41 Å². The maximum atomic E-state index is 13.4. The second kappa shape index (κ2) is 4.55. The molecule has 3 aliphatic rings. The number of piperidine rings is 1. The van der Waals surface area contributed by atoms with Crippen LogP contribution >= 0.6 is 0 Å². The average molecular weight is 273 g/mol. The van der Waals surface area contributed by atoms with Crippen LogP contribution in [0.15, 0.2) is 18.2 Å². The van der Waals surface area contributed by atoms with Gasteiger partial charge in [0.1, 0.15) is 11.7 Å². The molecule has 2 unspecified atom stereocenters. The summed E-state index contributed by atoms with van der Waals surface area (Å²) >= 11 is 0. The Morgan fingerprint density at radius 2 is 2.05 bits per heavy atom. The number of nitrogens with zero attached hydrogens (tertiary/aromatic N) is 2. The quantitative estimate of drug-likeness (QED) is 0.852. The molecule has 0 amide bonds. The van der Waals surface area contributed by atoms with E-state index in [1.807, 2.05) is 6.07 Å². The van der Waals surface area contributed by atoms with E-state index in [0.717, 1.165) is 30.6 Å². The number of halogens is 1. The van der Waals surface area contributed by atoms with Crippen LogP contribution in [0.5, 0.6) is 0 Å². The molecule has 3 aliphatic heterocycles. The van der Waals surface area contributed by atoms with Crippen molar-refractivity contribution >= 4 is 5.84 Å². The van der Waals surface area contributed by atoms with Crippen LogP contribution in [-0.4, -0.2) is 40.8 Å². The van der Waals surface area contributed by atoms with Gasteiger partial charge in [0.2, 0.25) is 0 Å². The summed E-state index contributed by atoms with van der Waals surface area (Å²) in [6, 6.07) is 6.03. The normalized spacial score (nSPS) is 29.6. The summed E-state index contributed by atoms with van der Waals surface area (Å²) < 4.78 is 13.4. The molecule has 3 heterocycles. The fourth-order valence-corrected chi connectivity index (χ4v) is 4.12. The number of nitrogens with one attached hydrogen (secondary N) is 1. The van der Waals surface area contributed by atoms with Gasteiger partial charge in [-0.15, -0.1) is 0 Å². The predicted molar refractivity (Wildman–Crippen MR) is 76.4 cm³/mol. The van der Waals surface area contributed by atoms with Gasteiger partial charge < -0.3 is 9.80 Å². The first-order chi connectivity index (χ1) is 9.72. The Balaban J connectivity index is 1.55. The average Bonchev–Trinajstić information content (AvgIpc) is 3.03. The van der Waals surface area contributed by atoms with E-state index in [2.05, 4.69) is 9.80 Å². The fraction of sp³-hybridized carbons (Fsp3) is 0.562. The van der Waals surface area contributed by atoms with E-state index >= 15 is 0 Å². The van der Waals surface area contributed by atoms with Crippen molar-refractivity contribution in [3.05, 3.63) is 35.1 Å². The minimum Gasteiger partial charge on any atom is -0.349 e. The van der Waals surface area contributed by atoms with E-state index in [0.29, 0.717) is 17.9 Å². The highest BCUT2D eigenvalue weighted by Crippen LogP contribution is 2.33. The van der Waals surface area contributed by atoms with Crippen molar-refractivity contribution in [1.82, 2.24) is 9.80 Å². The van der Waals surface area contributed by atoms with Gasteiger partial charge in [-0.1, -0.05) is 6.07 Å². The van der Waals surface area contributed by atoms with Gasteiger partial charge in [-0.2, -0.15) is 0 Å².